The van der Waals surface area contributed by atoms with E-state index in [-0.39, 0.29) is 0 Å². The second-order valence-electron chi connectivity index (χ2n) is 4.10. The SMILES string of the molecule is Cc1ccc(NC(C)Cc2ccsc2)nc1. The third-order valence-corrected chi connectivity index (χ3v) is 3.16. The molecule has 2 heterocycles. The van der Waals surface area contributed by atoms with Gasteiger partial charge in [0.2, 0.25) is 0 Å². The van der Waals surface area contributed by atoms with Gasteiger partial charge in [0.25, 0.3) is 0 Å². The van der Waals surface area contributed by atoms with Crippen molar-refractivity contribution in [3.05, 3.63) is 46.3 Å². The van der Waals surface area contributed by atoms with Gasteiger partial charge in [-0.1, -0.05) is 6.07 Å². The summed E-state index contributed by atoms with van der Waals surface area (Å²) < 4.78 is 0. The highest BCUT2D eigenvalue weighted by Gasteiger charge is 2.04. The molecule has 0 saturated heterocycles. The molecule has 1 atom stereocenters. The maximum atomic E-state index is 4.34. The van der Waals surface area contributed by atoms with E-state index >= 15 is 0 Å². The highest BCUT2D eigenvalue weighted by Crippen LogP contribution is 2.12. The lowest BCUT2D eigenvalue weighted by Gasteiger charge is -2.13. The molecule has 2 rings (SSSR count). The average Bonchev–Trinajstić information content (AvgIpc) is 2.74. The first-order chi connectivity index (χ1) is 7.74. The Morgan fingerprint density at radius 1 is 1.38 bits per heavy atom. The van der Waals surface area contributed by atoms with Crippen molar-refractivity contribution < 1.29 is 0 Å². The topological polar surface area (TPSA) is 24.9 Å². The minimum absolute atomic E-state index is 0.407. The summed E-state index contributed by atoms with van der Waals surface area (Å²) in [6.07, 6.45) is 2.93. The zero-order chi connectivity index (χ0) is 11.4. The van der Waals surface area contributed by atoms with Crippen LogP contribution >= 0.6 is 11.3 Å². The number of aryl methyl sites for hydroxylation is 1. The van der Waals surface area contributed by atoms with Crippen molar-refractivity contribution in [3.8, 4) is 0 Å². The number of rotatable bonds is 4. The van der Waals surface area contributed by atoms with Crippen molar-refractivity contribution in [2.45, 2.75) is 26.3 Å². The lowest BCUT2D eigenvalue weighted by molar-refractivity contribution is 0.787. The highest BCUT2D eigenvalue weighted by atomic mass is 32.1. The Labute approximate surface area is 100 Å². The molecule has 2 aromatic heterocycles. The van der Waals surface area contributed by atoms with Crippen LogP contribution < -0.4 is 5.32 Å². The minimum Gasteiger partial charge on any atom is -0.367 e. The van der Waals surface area contributed by atoms with Crippen molar-refractivity contribution in [2.24, 2.45) is 0 Å². The molecule has 0 fully saturated rings. The fourth-order valence-electron chi connectivity index (χ4n) is 1.62. The maximum absolute atomic E-state index is 4.34. The number of hydrogen-bond donors (Lipinski definition) is 1. The van der Waals surface area contributed by atoms with Gasteiger partial charge >= 0.3 is 0 Å². The number of thiophene rings is 1. The van der Waals surface area contributed by atoms with E-state index in [0.717, 1.165) is 12.2 Å². The second kappa shape index (κ2) is 5.12. The highest BCUT2D eigenvalue weighted by molar-refractivity contribution is 7.07. The van der Waals surface area contributed by atoms with E-state index in [1.165, 1.54) is 11.1 Å². The molecule has 0 spiro atoms. The Morgan fingerprint density at radius 2 is 2.25 bits per heavy atom. The molecular formula is C13H16N2S. The molecule has 0 aliphatic rings. The average molecular weight is 232 g/mol. The van der Waals surface area contributed by atoms with Crippen LogP contribution in [0.3, 0.4) is 0 Å². The molecule has 0 aliphatic carbocycles. The van der Waals surface area contributed by atoms with Crippen LogP contribution in [0.1, 0.15) is 18.1 Å². The smallest absolute Gasteiger partial charge is 0.126 e. The van der Waals surface area contributed by atoms with Crippen LogP contribution in [0.5, 0.6) is 0 Å². The van der Waals surface area contributed by atoms with Gasteiger partial charge in [0.15, 0.2) is 0 Å². The predicted molar refractivity (Wildman–Crippen MR) is 70.1 cm³/mol. The van der Waals surface area contributed by atoms with Crippen molar-refractivity contribution in [1.29, 1.82) is 0 Å². The van der Waals surface area contributed by atoms with Gasteiger partial charge in [-0.15, -0.1) is 0 Å². The summed E-state index contributed by atoms with van der Waals surface area (Å²) in [5.74, 6) is 0.952. The standard InChI is InChI=1S/C13H16N2S/c1-10-3-4-13(14-8-10)15-11(2)7-12-5-6-16-9-12/h3-6,8-9,11H,7H2,1-2H3,(H,14,15). The lowest BCUT2D eigenvalue weighted by Crippen LogP contribution is -2.18. The third kappa shape index (κ3) is 3.07. The van der Waals surface area contributed by atoms with Crippen molar-refractivity contribution in [1.82, 2.24) is 4.98 Å². The quantitative estimate of drug-likeness (QED) is 0.872. The van der Waals surface area contributed by atoms with Crippen LogP contribution in [0.25, 0.3) is 0 Å². The number of aromatic nitrogens is 1. The van der Waals surface area contributed by atoms with Gasteiger partial charge in [-0.3, -0.25) is 0 Å². The molecule has 0 aromatic carbocycles. The Kier molecular flexibility index (Phi) is 3.57. The first-order valence-electron chi connectivity index (χ1n) is 5.44. The van der Waals surface area contributed by atoms with Crippen molar-refractivity contribution in [3.63, 3.8) is 0 Å². The van der Waals surface area contributed by atoms with Gasteiger partial charge in [-0.05, 0) is 54.3 Å². The lowest BCUT2D eigenvalue weighted by atomic mass is 10.1. The Balaban J connectivity index is 1.92. The zero-order valence-corrected chi connectivity index (χ0v) is 10.4. The van der Waals surface area contributed by atoms with E-state index in [9.17, 15) is 0 Å². The van der Waals surface area contributed by atoms with Crippen LogP contribution in [0.4, 0.5) is 5.82 Å². The summed E-state index contributed by atoms with van der Waals surface area (Å²) in [7, 11) is 0. The van der Waals surface area contributed by atoms with E-state index in [1.54, 1.807) is 11.3 Å². The molecule has 0 radical (unpaired) electrons. The Morgan fingerprint density at radius 3 is 2.88 bits per heavy atom. The molecule has 2 nitrogen and oxygen atoms in total. The van der Waals surface area contributed by atoms with Crippen LogP contribution in [-0.2, 0) is 6.42 Å². The van der Waals surface area contributed by atoms with Gasteiger partial charge in [-0.2, -0.15) is 11.3 Å². The summed E-state index contributed by atoms with van der Waals surface area (Å²) in [4.78, 5) is 4.34. The van der Waals surface area contributed by atoms with E-state index < -0.39 is 0 Å². The molecule has 2 aromatic rings. The molecule has 3 heteroatoms. The third-order valence-electron chi connectivity index (χ3n) is 2.43. The van der Waals surface area contributed by atoms with Gasteiger partial charge in [0.1, 0.15) is 5.82 Å². The monoisotopic (exact) mass is 232 g/mol. The summed E-state index contributed by atoms with van der Waals surface area (Å²) in [6, 6.07) is 6.68. The summed E-state index contributed by atoms with van der Waals surface area (Å²) in [5.41, 5.74) is 2.58. The van der Waals surface area contributed by atoms with Crippen LogP contribution in [0, 0.1) is 6.92 Å². The molecule has 1 unspecified atom stereocenters. The molecule has 0 aliphatic heterocycles. The number of hydrogen-bond acceptors (Lipinski definition) is 3. The van der Waals surface area contributed by atoms with Crippen molar-refractivity contribution >= 4 is 17.2 Å². The molecular weight excluding hydrogens is 216 g/mol. The van der Waals surface area contributed by atoms with E-state index in [4.69, 9.17) is 0 Å². The molecule has 16 heavy (non-hydrogen) atoms. The van der Waals surface area contributed by atoms with Gasteiger partial charge in [0, 0.05) is 12.2 Å². The maximum Gasteiger partial charge on any atom is 0.126 e. The first-order valence-corrected chi connectivity index (χ1v) is 6.38. The Bertz CT molecular complexity index is 420. The van der Waals surface area contributed by atoms with E-state index in [0.29, 0.717) is 6.04 Å². The number of nitrogens with zero attached hydrogens (tertiary/aromatic N) is 1. The van der Waals surface area contributed by atoms with Crippen LogP contribution in [0.15, 0.2) is 35.2 Å². The number of anilines is 1. The largest absolute Gasteiger partial charge is 0.367 e. The molecule has 0 bridgehead atoms. The van der Waals surface area contributed by atoms with Crippen LogP contribution in [-0.4, -0.2) is 11.0 Å². The van der Waals surface area contributed by atoms with E-state index in [2.05, 4.69) is 40.1 Å². The fourth-order valence-corrected chi connectivity index (χ4v) is 2.30. The van der Waals surface area contributed by atoms with Gasteiger partial charge < -0.3 is 5.32 Å². The zero-order valence-electron chi connectivity index (χ0n) is 9.60. The second-order valence-corrected chi connectivity index (χ2v) is 4.88. The summed E-state index contributed by atoms with van der Waals surface area (Å²) in [6.45, 7) is 4.23. The van der Waals surface area contributed by atoms with E-state index in [1.807, 2.05) is 19.2 Å². The minimum atomic E-state index is 0.407. The first kappa shape index (κ1) is 11.1. The fraction of sp³-hybridized carbons (Fsp3) is 0.308. The van der Waals surface area contributed by atoms with Crippen molar-refractivity contribution in [2.75, 3.05) is 5.32 Å². The Hall–Kier alpha value is -1.35. The predicted octanol–water partition coefficient (Wildman–Crippen LogP) is 3.49. The molecule has 84 valence electrons. The molecule has 0 amide bonds. The number of nitrogens with one attached hydrogen (secondary N) is 1. The normalized spacial score (nSPS) is 12.4. The number of pyridine rings is 1. The van der Waals surface area contributed by atoms with Gasteiger partial charge in [-0.25, -0.2) is 4.98 Å². The molecule has 0 saturated carbocycles. The molecule has 1 N–H and O–H groups in total. The summed E-state index contributed by atoms with van der Waals surface area (Å²) in [5, 5.41) is 7.71. The van der Waals surface area contributed by atoms with Crippen LogP contribution in [0.2, 0.25) is 0 Å². The summed E-state index contributed by atoms with van der Waals surface area (Å²) >= 11 is 1.75. The van der Waals surface area contributed by atoms with Gasteiger partial charge in [0.05, 0.1) is 0 Å².